The van der Waals surface area contributed by atoms with Crippen LogP contribution in [0.25, 0.3) is 33.3 Å². The number of pyridine rings is 1. The first-order chi connectivity index (χ1) is 19.3. The van der Waals surface area contributed by atoms with Crippen molar-refractivity contribution in [2.45, 2.75) is 37.1 Å². The monoisotopic (exact) mass is 559 g/mol. The number of methoxy groups -OCH3 is 1. The molecule has 10 heteroatoms. The molecule has 0 bridgehead atoms. The fraction of sp³-hybridized carbons (Fsp3) is 0.267. The van der Waals surface area contributed by atoms with Crippen LogP contribution < -0.4 is 10.1 Å². The molecule has 1 aliphatic heterocycles. The zero-order valence-corrected chi connectivity index (χ0v) is 23.2. The molecule has 0 amide bonds. The van der Waals surface area contributed by atoms with Gasteiger partial charge in [-0.25, -0.2) is 21.8 Å². The van der Waals surface area contributed by atoms with Crippen molar-refractivity contribution >= 4 is 21.1 Å². The minimum Gasteiger partial charge on any atom is -0.479 e. The molecule has 3 aromatic heterocycles. The second kappa shape index (κ2) is 10.5. The first-order valence-electron chi connectivity index (χ1n) is 13.3. The smallest absolute Gasteiger partial charge is 0.269 e. The normalized spacial score (nSPS) is 16.2. The number of fused-ring (bicyclic) bond motifs is 1. The third-order valence-corrected chi connectivity index (χ3v) is 9.11. The molecule has 1 saturated heterocycles. The van der Waals surface area contributed by atoms with Crippen LogP contribution in [0.5, 0.6) is 5.88 Å². The van der Waals surface area contributed by atoms with Crippen molar-refractivity contribution in [1.29, 1.82) is 0 Å². The maximum Gasteiger partial charge on any atom is 0.269 e. The number of benzene rings is 2. The van der Waals surface area contributed by atoms with E-state index < -0.39 is 15.8 Å². The lowest BCUT2D eigenvalue weighted by Gasteiger charge is -2.13. The van der Waals surface area contributed by atoms with E-state index in [0.29, 0.717) is 22.4 Å². The van der Waals surface area contributed by atoms with Crippen LogP contribution in [0.15, 0.2) is 78.1 Å². The van der Waals surface area contributed by atoms with E-state index in [-0.39, 0.29) is 16.6 Å². The predicted molar refractivity (Wildman–Crippen MR) is 152 cm³/mol. The summed E-state index contributed by atoms with van der Waals surface area (Å²) < 4.78 is 50.5. The molecule has 0 saturated carbocycles. The second-order valence-electron chi connectivity index (χ2n) is 10.1. The number of nitrogens with one attached hydrogen (secondary N) is 1. The average molecular weight is 560 g/mol. The maximum absolute atomic E-state index is 14.3. The van der Waals surface area contributed by atoms with Gasteiger partial charge in [0, 0.05) is 35.1 Å². The largest absolute Gasteiger partial charge is 0.479 e. The van der Waals surface area contributed by atoms with Crippen LogP contribution in [0.2, 0.25) is 0 Å². The first kappa shape index (κ1) is 26.2. The van der Waals surface area contributed by atoms with Crippen molar-refractivity contribution in [2.75, 3.05) is 20.2 Å². The molecule has 0 radical (unpaired) electrons. The molecule has 40 heavy (non-hydrogen) atoms. The van der Waals surface area contributed by atoms with Gasteiger partial charge in [-0.05, 0) is 75.2 Å². The molecule has 6 rings (SSSR count). The van der Waals surface area contributed by atoms with Crippen molar-refractivity contribution < 1.29 is 17.5 Å². The second-order valence-corrected chi connectivity index (χ2v) is 11.9. The highest BCUT2D eigenvalue weighted by Crippen LogP contribution is 2.37. The van der Waals surface area contributed by atoms with E-state index in [1.807, 2.05) is 23.9 Å². The minimum absolute atomic E-state index is 0.146. The minimum atomic E-state index is -3.97. The molecule has 1 fully saturated rings. The van der Waals surface area contributed by atoms with Gasteiger partial charge in [-0.15, -0.1) is 5.10 Å². The van der Waals surface area contributed by atoms with Crippen LogP contribution in [0, 0.1) is 12.7 Å². The van der Waals surface area contributed by atoms with E-state index in [9.17, 15) is 12.8 Å². The van der Waals surface area contributed by atoms with Gasteiger partial charge in [-0.1, -0.05) is 29.8 Å². The van der Waals surface area contributed by atoms with Crippen LogP contribution in [-0.4, -0.2) is 47.4 Å². The molecular formula is C30H30FN5O3S. The standard InChI is InChI=1S/C30H30FN5O3S/c1-20-8-10-25(11-9-20)40(37,38)36-19-27(21-5-3-6-23(31)15-21)26-16-22(17-33-29(26)36)28-18-35(34-30(28)39-2)24-7-4-13-32-14-12-24/h3,5-6,8-11,15-19,24,32H,4,7,12-14H2,1-2H3. The number of ether oxygens (including phenoxy) is 1. The number of hydrogen-bond acceptors (Lipinski definition) is 6. The summed E-state index contributed by atoms with van der Waals surface area (Å²) in [5, 5.41) is 8.73. The molecule has 1 aliphatic rings. The lowest BCUT2D eigenvalue weighted by molar-refractivity contribution is 0.364. The van der Waals surface area contributed by atoms with Gasteiger partial charge in [0.2, 0.25) is 5.88 Å². The Balaban J connectivity index is 1.52. The van der Waals surface area contributed by atoms with E-state index in [1.165, 1.54) is 22.3 Å². The highest BCUT2D eigenvalue weighted by Gasteiger charge is 2.25. The van der Waals surface area contributed by atoms with E-state index in [2.05, 4.69) is 10.3 Å². The fourth-order valence-electron chi connectivity index (χ4n) is 5.30. The Kier molecular flexibility index (Phi) is 6.89. The zero-order valence-electron chi connectivity index (χ0n) is 22.3. The SMILES string of the molecule is COc1nn(C2CCCNCC2)cc1-c1cnc2c(c1)c(-c1cccc(F)c1)cn2S(=O)(=O)c1ccc(C)cc1. The van der Waals surface area contributed by atoms with Crippen molar-refractivity contribution in [1.82, 2.24) is 24.1 Å². The van der Waals surface area contributed by atoms with Crippen LogP contribution in [0.3, 0.4) is 0 Å². The van der Waals surface area contributed by atoms with Crippen LogP contribution in [-0.2, 0) is 10.0 Å². The fourth-order valence-corrected chi connectivity index (χ4v) is 6.62. The van der Waals surface area contributed by atoms with Crippen LogP contribution in [0.4, 0.5) is 4.39 Å². The molecule has 2 aromatic carbocycles. The van der Waals surface area contributed by atoms with Gasteiger partial charge in [0.1, 0.15) is 5.82 Å². The van der Waals surface area contributed by atoms with Crippen molar-refractivity contribution in [3.8, 4) is 28.1 Å². The average Bonchev–Trinajstić information content (AvgIpc) is 3.45. The third-order valence-electron chi connectivity index (χ3n) is 7.45. The van der Waals surface area contributed by atoms with Gasteiger partial charge in [0.15, 0.2) is 5.65 Å². The number of aromatic nitrogens is 4. The topological polar surface area (TPSA) is 91.0 Å². The predicted octanol–water partition coefficient (Wildman–Crippen LogP) is 5.57. The quantitative estimate of drug-likeness (QED) is 0.292. The molecule has 4 heterocycles. The number of aryl methyl sites for hydroxylation is 1. The Morgan fingerprint density at radius 3 is 2.60 bits per heavy atom. The summed E-state index contributed by atoms with van der Waals surface area (Å²) >= 11 is 0. The molecule has 0 aliphatic carbocycles. The molecule has 1 atom stereocenters. The van der Waals surface area contributed by atoms with Gasteiger partial charge < -0.3 is 10.1 Å². The number of rotatable bonds is 6. The number of halogens is 1. The Morgan fingerprint density at radius 2 is 1.82 bits per heavy atom. The summed E-state index contributed by atoms with van der Waals surface area (Å²) in [6, 6.07) is 14.9. The summed E-state index contributed by atoms with van der Waals surface area (Å²) in [4.78, 5) is 4.78. The van der Waals surface area contributed by atoms with E-state index in [4.69, 9.17) is 9.84 Å². The Hall–Kier alpha value is -4.02. The van der Waals surface area contributed by atoms with Crippen LogP contribution >= 0.6 is 0 Å². The summed E-state index contributed by atoms with van der Waals surface area (Å²) in [7, 11) is -2.39. The Bertz CT molecular complexity index is 1790. The van der Waals surface area contributed by atoms with E-state index >= 15 is 0 Å². The van der Waals surface area contributed by atoms with Gasteiger partial charge in [-0.3, -0.25) is 4.68 Å². The molecule has 0 spiro atoms. The van der Waals surface area contributed by atoms with Gasteiger partial charge >= 0.3 is 0 Å². The van der Waals surface area contributed by atoms with Crippen molar-refractivity contribution in [2.24, 2.45) is 0 Å². The molecule has 5 aromatic rings. The summed E-state index contributed by atoms with van der Waals surface area (Å²) in [6.45, 7) is 3.82. The summed E-state index contributed by atoms with van der Waals surface area (Å²) in [5.41, 5.74) is 3.80. The van der Waals surface area contributed by atoms with E-state index in [0.717, 1.165) is 49.0 Å². The summed E-state index contributed by atoms with van der Waals surface area (Å²) in [5.74, 6) is 0.0575. The zero-order chi connectivity index (χ0) is 27.9. The Morgan fingerprint density at radius 1 is 1.00 bits per heavy atom. The van der Waals surface area contributed by atoms with E-state index in [1.54, 1.807) is 49.7 Å². The maximum atomic E-state index is 14.3. The van der Waals surface area contributed by atoms with Gasteiger partial charge in [0.25, 0.3) is 10.0 Å². The lowest BCUT2D eigenvalue weighted by atomic mass is 10.0. The first-order valence-corrected chi connectivity index (χ1v) is 14.7. The molecule has 8 nitrogen and oxygen atoms in total. The number of nitrogens with zero attached hydrogens (tertiary/aromatic N) is 4. The van der Waals surface area contributed by atoms with Gasteiger partial charge in [-0.2, -0.15) is 0 Å². The molecular weight excluding hydrogens is 529 g/mol. The van der Waals surface area contributed by atoms with Crippen molar-refractivity contribution in [3.63, 3.8) is 0 Å². The molecule has 1 unspecified atom stereocenters. The van der Waals surface area contributed by atoms with Gasteiger partial charge in [0.05, 0.1) is 23.6 Å². The highest BCUT2D eigenvalue weighted by atomic mass is 32.2. The third kappa shape index (κ3) is 4.77. The summed E-state index contributed by atoms with van der Waals surface area (Å²) in [6.07, 6.45) is 8.17. The highest BCUT2D eigenvalue weighted by molar-refractivity contribution is 7.90. The Labute approximate surface area is 232 Å². The molecule has 206 valence electrons. The number of hydrogen-bond donors (Lipinski definition) is 1. The molecule has 1 N–H and O–H groups in total. The van der Waals surface area contributed by atoms with Crippen LogP contribution in [0.1, 0.15) is 30.9 Å². The lowest BCUT2D eigenvalue weighted by Crippen LogP contribution is -2.15. The van der Waals surface area contributed by atoms with Crippen molar-refractivity contribution in [3.05, 3.63) is 84.6 Å².